The van der Waals surface area contributed by atoms with Crippen LogP contribution in [0.4, 0.5) is 0 Å². The molecule has 0 saturated carbocycles. The Kier molecular flexibility index (Phi) is 3.28. The molecule has 0 atom stereocenters. The maximum atomic E-state index is 11.4. The van der Waals surface area contributed by atoms with E-state index < -0.39 is 5.97 Å². The van der Waals surface area contributed by atoms with Crippen molar-refractivity contribution >= 4 is 12.0 Å². The predicted octanol–water partition coefficient (Wildman–Crippen LogP) is 1.05. The SMILES string of the molecule is CN(C)C(=N)OC(=O)c1ccccc1O. The number of carbonyl (C=O) groups is 1. The average molecular weight is 208 g/mol. The van der Waals surface area contributed by atoms with Gasteiger partial charge in [-0.1, -0.05) is 12.1 Å². The van der Waals surface area contributed by atoms with Gasteiger partial charge in [0.1, 0.15) is 11.3 Å². The van der Waals surface area contributed by atoms with Gasteiger partial charge in [0.25, 0.3) is 6.02 Å². The van der Waals surface area contributed by atoms with E-state index in [2.05, 4.69) is 4.74 Å². The van der Waals surface area contributed by atoms with Gasteiger partial charge in [-0.2, -0.15) is 0 Å². The molecular formula is C10H12N2O3. The molecule has 0 heterocycles. The second-order valence-corrected chi connectivity index (χ2v) is 3.11. The molecule has 15 heavy (non-hydrogen) atoms. The quantitative estimate of drug-likeness (QED) is 0.411. The molecule has 0 amide bonds. The van der Waals surface area contributed by atoms with E-state index in [1.54, 1.807) is 26.2 Å². The molecule has 0 aromatic heterocycles. The number of para-hydroxylation sites is 1. The Labute approximate surface area is 87.4 Å². The van der Waals surface area contributed by atoms with Gasteiger partial charge in [0.15, 0.2) is 0 Å². The van der Waals surface area contributed by atoms with Crippen LogP contribution in [0, 0.1) is 5.41 Å². The molecule has 5 heteroatoms. The Morgan fingerprint density at radius 1 is 1.40 bits per heavy atom. The molecule has 2 N–H and O–H groups in total. The summed E-state index contributed by atoms with van der Waals surface area (Å²) in [5.74, 6) is -0.902. The van der Waals surface area contributed by atoms with Crippen LogP contribution in [0.3, 0.4) is 0 Å². The largest absolute Gasteiger partial charge is 0.507 e. The van der Waals surface area contributed by atoms with Crippen LogP contribution >= 0.6 is 0 Å². The molecule has 1 aromatic rings. The lowest BCUT2D eigenvalue weighted by Gasteiger charge is -2.12. The minimum Gasteiger partial charge on any atom is -0.507 e. The monoisotopic (exact) mass is 208 g/mol. The van der Waals surface area contributed by atoms with Crippen molar-refractivity contribution in [1.82, 2.24) is 4.90 Å². The zero-order chi connectivity index (χ0) is 11.4. The highest BCUT2D eigenvalue weighted by atomic mass is 16.6. The fourth-order valence-electron chi connectivity index (χ4n) is 0.880. The number of carbonyl (C=O) groups excluding carboxylic acids is 1. The summed E-state index contributed by atoms with van der Waals surface area (Å²) in [4.78, 5) is 12.8. The lowest BCUT2D eigenvalue weighted by molar-refractivity contribution is 0.0685. The Hall–Kier alpha value is -2.04. The molecule has 0 saturated heterocycles. The number of phenolic OH excluding ortho intramolecular Hbond substituents is 1. The van der Waals surface area contributed by atoms with E-state index in [1.165, 1.54) is 17.0 Å². The number of esters is 1. The first kappa shape index (κ1) is 11.0. The number of nitrogens with one attached hydrogen (secondary N) is 1. The maximum absolute atomic E-state index is 11.4. The van der Waals surface area contributed by atoms with E-state index >= 15 is 0 Å². The van der Waals surface area contributed by atoms with E-state index in [0.29, 0.717) is 0 Å². The van der Waals surface area contributed by atoms with Crippen molar-refractivity contribution in [2.24, 2.45) is 0 Å². The normalized spacial score (nSPS) is 9.47. The van der Waals surface area contributed by atoms with Crippen LogP contribution in [0.1, 0.15) is 10.4 Å². The summed E-state index contributed by atoms with van der Waals surface area (Å²) in [7, 11) is 3.17. The van der Waals surface area contributed by atoms with Crippen molar-refractivity contribution in [3.05, 3.63) is 29.8 Å². The minimum atomic E-state index is -0.744. The zero-order valence-corrected chi connectivity index (χ0v) is 8.52. The number of hydrogen-bond donors (Lipinski definition) is 2. The Morgan fingerprint density at radius 3 is 2.53 bits per heavy atom. The van der Waals surface area contributed by atoms with Crippen LogP contribution in [-0.4, -0.2) is 36.1 Å². The second kappa shape index (κ2) is 4.45. The van der Waals surface area contributed by atoms with Gasteiger partial charge in [-0.15, -0.1) is 0 Å². The summed E-state index contributed by atoms with van der Waals surface area (Å²) >= 11 is 0. The summed E-state index contributed by atoms with van der Waals surface area (Å²) < 4.78 is 4.69. The molecule has 0 fully saturated rings. The number of phenols is 1. The van der Waals surface area contributed by atoms with Crippen LogP contribution < -0.4 is 0 Å². The highest BCUT2D eigenvalue weighted by molar-refractivity contribution is 5.98. The smallest absolute Gasteiger partial charge is 0.349 e. The van der Waals surface area contributed by atoms with Crippen molar-refractivity contribution in [2.75, 3.05) is 14.1 Å². The number of nitrogens with zero attached hydrogens (tertiary/aromatic N) is 1. The lowest BCUT2D eigenvalue weighted by Crippen LogP contribution is -2.26. The standard InChI is InChI=1S/C10H12N2O3/c1-12(2)10(11)15-9(14)7-5-3-4-6-8(7)13/h3-6,11,13H,1-2H3. The zero-order valence-electron chi connectivity index (χ0n) is 8.52. The van der Waals surface area contributed by atoms with Gasteiger partial charge in [0.2, 0.25) is 0 Å². The molecule has 80 valence electrons. The Balaban J connectivity index is 2.79. The van der Waals surface area contributed by atoms with Gasteiger partial charge in [0, 0.05) is 14.1 Å². The third kappa shape index (κ3) is 2.70. The van der Waals surface area contributed by atoms with Crippen LogP contribution in [0.25, 0.3) is 0 Å². The van der Waals surface area contributed by atoms with E-state index in [1.807, 2.05) is 0 Å². The third-order valence-electron chi connectivity index (χ3n) is 1.72. The third-order valence-corrected chi connectivity index (χ3v) is 1.72. The first-order valence-electron chi connectivity index (χ1n) is 4.28. The van der Waals surface area contributed by atoms with Crippen LogP contribution in [-0.2, 0) is 4.74 Å². The average Bonchev–Trinajstić information content (AvgIpc) is 2.18. The molecule has 0 aliphatic rings. The van der Waals surface area contributed by atoms with Crippen molar-refractivity contribution in [3.8, 4) is 5.75 Å². The molecule has 5 nitrogen and oxygen atoms in total. The molecule has 1 rings (SSSR count). The molecule has 0 radical (unpaired) electrons. The first-order chi connectivity index (χ1) is 7.02. The summed E-state index contributed by atoms with van der Waals surface area (Å²) in [6.07, 6.45) is 0. The molecule has 0 aliphatic carbocycles. The van der Waals surface area contributed by atoms with Crippen LogP contribution in [0.15, 0.2) is 24.3 Å². The van der Waals surface area contributed by atoms with E-state index in [4.69, 9.17) is 5.41 Å². The maximum Gasteiger partial charge on any atom is 0.349 e. The van der Waals surface area contributed by atoms with E-state index in [9.17, 15) is 9.90 Å². The minimum absolute atomic E-state index is 0.0455. The van der Waals surface area contributed by atoms with Crippen LogP contribution in [0.5, 0.6) is 5.75 Å². The number of benzene rings is 1. The topological polar surface area (TPSA) is 73.6 Å². The molecule has 1 aromatic carbocycles. The number of aromatic hydroxyl groups is 1. The molecular weight excluding hydrogens is 196 g/mol. The van der Waals surface area contributed by atoms with Gasteiger partial charge in [0.05, 0.1) is 0 Å². The highest BCUT2D eigenvalue weighted by Crippen LogP contribution is 2.16. The van der Waals surface area contributed by atoms with Gasteiger partial charge in [-0.3, -0.25) is 5.41 Å². The molecule has 0 bridgehead atoms. The van der Waals surface area contributed by atoms with Gasteiger partial charge < -0.3 is 14.7 Å². The molecule has 0 spiro atoms. The van der Waals surface area contributed by atoms with Gasteiger partial charge in [-0.05, 0) is 12.1 Å². The van der Waals surface area contributed by atoms with Crippen LogP contribution in [0.2, 0.25) is 0 Å². The number of ether oxygens (including phenoxy) is 1. The Bertz CT molecular complexity index is 388. The highest BCUT2D eigenvalue weighted by Gasteiger charge is 2.14. The van der Waals surface area contributed by atoms with Crippen molar-refractivity contribution in [1.29, 1.82) is 5.41 Å². The number of rotatable bonds is 1. The van der Waals surface area contributed by atoms with Crippen molar-refractivity contribution in [2.45, 2.75) is 0 Å². The molecule has 0 aliphatic heterocycles. The predicted molar refractivity (Wildman–Crippen MR) is 54.9 cm³/mol. The second-order valence-electron chi connectivity index (χ2n) is 3.11. The summed E-state index contributed by atoms with van der Waals surface area (Å²) in [6, 6.07) is 5.75. The fourth-order valence-corrected chi connectivity index (χ4v) is 0.880. The first-order valence-corrected chi connectivity index (χ1v) is 4.28. The lowest BCUT2D eigenvalue weighted by atomic mass is 10.2. The Morgan fingerprint density at radius 2 is 2.00 bits per heavy atom. The summed E-state index contributed by atoms with van der Waals surface area (Å²) in [6.45, 7) is 0. The van der Waals surface area contributed by atoms with E-state index in [-0.39, 0.29) is 17.3 Å². The van der Waals surface area contributed by atoms with E-state index in [0.717, 1.165) is 0 Å². The van der Waals surface area contributed by atoms with Crippen molar-refractivity contribution in [3.63, 3.8) is 0 Å². The number of hydrogen-bond acceptors (Lipinski definition) is 4. The molecule has 0 unspecified atom stereocenters. The summed E-state index contributed by atoms with van der Waals surface area (Å²) in [5.41, 5.74) is 0.0455. The summed E-state index contributed by atoms with van der Waals surface area (Å²) in [5, 5.41) is 16.6. The van der Waals surface area contributed by atoms with Gasteiger partial charge in [-0.25, -0.2) is 4.79 Å². The van der Waals surface area contributed by atoms with Crippen molar-refractivity contribution < 1.29 is 14.6 Å². The fraction of sp³-hybridized carbons (Fsp3) is 0.200. The number of amidine groups is 1. The van der Waals surface area contributed by atoms with Gasteiger partial charge >= 0.3 is 5.97 Å².